The molecular weight excluding hydrogens is 310 g/mol. The van der Waals surface area contributed by atoms with E-state index in [0.717, 1.165) is 10.9 Å². The molecule has 24 heavy (non-hydrogen) atoms. The number of quaternary nitrogens is 1. The summed E-state index contributed by atoms with van der Waals surface area (Å²) in [6, 6.07) is 15.7. The lowest BCUT2D eigenvalue weighted by atomic mass is 9.95. The molecule has 1 aliphatic rings. The van der Waals surface area contributed by atoms with Crippen LogP contribution >= 0.6 is 11.8 Å². The lowest BCUT2D eigenvalue weighted by molar-refractivity contribution is -0.905. The second-order valence-electron chi connectivity index (χ2n) is 6.98. The summed E-state index contributed by atoms with van der Waals surface area (Å²) in [5.74, 6) is 0. The maximum Gasteiger partial charge on any atom is 0.0819 e. The third-order valence-corrected chi connectivity index (χ3v) is 6.52. The van der Waals surface area contributed by atoms with Crippen LogP contribution in [0, 0.1) is 6.92 Å². The Labute approximate surface area is 151 Å². The monoisotopic (exact) mass is 338 g/mol. The van der Waals surface area contributed by atoms with Crippen LogP contribution in [0.2, 0.25) is 0 Å². The van der Waals surface area contributed by atoms with Gasteiger partial charge in [0.05, 0.1) is 26.7 Å². The molecule has 126 valence electrons. The van der Waals surface area contributed by atoms with Gasteiger partial charge in [0.2, 0.25) is 0 Å². The van der Waals surface area contributed by atoms with E-state index in [-0.39, 0.29) is 0 Å². The lowest BCUT2D eigenvalue weighted by Gasteiger charge is -2.32. The highest BCUT2D eigenvalue weighted by atomic mass is 32.2. The first kappa shape index (κ1) is 17.3. The molecule has 0 fully saturated rings. The standard InChI is InChI=1S/C22H28NS/c1-5-23(4,6-2)15-9-11-18-19-10-7-8-12-21(19)24-22-14-13-17(3)16-20(18)22/h7-8,10-14,16H,5-6,9,15H2,1-4H3/q+1. The highest BCUT2D eigenvalue weighted by molar-refractivity contribution is 7.99. The Balaban J connectivity index is 1.97. The highest BCUT2D eigenvalue weighted by Gasteiger charge is 2.21. The number of hydrogen-bond acceptors (Lipinski definition) is 1. The van der Waals surface area contributed by atoms with E-state index < -0.39 is 0 Å². The fourth-order valence-corrected chi connectivity index (χ4v) is 4.35. The van der Waals surface area contributed by atoms with Crippen LogP contribution in [0.4, 0.5) is 0 Å². The van der Waals surface area contributed by atoms with Crippen LogP contribution in [0.25, 0.3) is 5.57 Å². The summed E-state index contributed by atoms with van der Waals surface area (Å²) >= 11 is 1.90. The van der Waals surface area contributed by atoms with Crippen molar-refractivity contribution in [3.8, 4) is 0 Å². The van der Waals surface area contributed by atoms with E-state index >= 15 is 0 Å². The molecule has 0 N–H and O–H groups in total. The molecule has 0 amide bonds. The third-order valence-electron chi connectivity index (χ3n) is 5.37. The molecule has 0 saturated heterocycles. The normalized spacial score (nSPS) is 15.2. The van der Waals surface area contributed by atoms with Crippen molar-refractivity contribution < 1.29 is 4.48 Å². The number of fused-ring (bicyclic) bond motifs is 2. The smallest absolute Gasteiger partial charge is 0.0819 e. The van der Waals surface area contributed by atoms with E-state index in [2.05, 4.69) is 76.4 Å². The van der Waals surface area contributed by atoms with Crippen molar-refractivity contribution in [2.45, 2.75) is 37.0 Å². The maximum absolute atomic E-state index is 2.47. The van der Waals surface area contributed by atoms with Crippen molar-refractivity contribution in [3.05, 3.63) is 65.2 Å². The van der Waals surface area contributed by atoms with Crippen LogP contribution in [0.15, 0.2) is 58.3 Å². The second-order valence-corrected chi connectivity index (χ2v) is 8.06. The topological polar surface area (TPSA) is 0 Å². The first-order valence-corrected chi connectivity index (χ1v) is 9.80. The molecule has 0 atom stereocenters. The first-order chi connectivity index (χ1) is 11.6. The van der Waals surface area contributed by atoms with Crippen LogP contribution < -0.4 is 0 Å². The zero-order valence-corrected chi connectivity index (χ0v) is 16.1. The van der Waals surface area contributed by atoms with Crippen molar-refractivity contribution >= 4 is 17.3 Å². The van der Waals surface area contributed by atoms with E-state index in [1.54, 1.807) is 0 Å². The minimum Gasteiger partial charge on any atom is -0.326 e. The van der Waals surface area contributed by atoms with E-state index in [1.807, 2.05) is 11.8 Å². The van der Waals surface area contributed by atoms with Gasteiger partial charge in [-0.05, 0) is 49.6 Å². The van der Waals surface area contributed by atoms with Gasteiger partial charge < -0.3 is 4.48 Å². The van der Waals surface area contributed by atoms with Crippen molar-refractivity contribution in [1.29, 1.82) is 0 Å². The Kier molecular flexibility index (Phi) is 5.17. The molecule has 2 aromatic carbocycles. The molecule has 2 heteroatoms. The van der Waals surface area contributed by atoms with Gasteiger partial charge >= 0.3 is 0 Å². The van der Waals surface area contributed by atoms with Gasteiger partial charge in [-0.3, -0.25) is 0 Å². The molecule has 1 heterocycles. The van der Waals surface area contributed by atoms with E-state index in [1.165, 1.54) is 51.7 Å². The van der Waals surface area contributed by atoms with Gasteiger partial charge in [0.1, 0.15) is 0 Å². The zero-order valence-electron chi connectivity index (χ0n) is 15.3. The molecule has 1 aliphatic heterocycles. The van der Waals surface area contributed by atoms with Crippen molar-refractivity contribution in [3.63, 3.8) is 0 Å². The molecule has 0 unspecified atom stereocenters. The predicted octanol–water partition coefficient (Wildman–Crippen LogP) is 5.77. The summed E-state index contributed by atoms with van der Waals surface area (Å²) in [7, 11) is 2.36. The van der Waals surface area contributed by atoms with Gasteiger partial charge in [0.25, 0.3) is 0 Å². The largest absolute Gasteiger partial charge is 0.326 e. The molecule has 0 radical (unpaired) electrons. The summed E-state index contributed by atoms with van der Waals surface area (Å²) in [6.07, 6.45) is 3.60. The lowest BCUT2D eigenvalue weighted by Crippen LogP contribution is -2.44. The molecule has 1 nitrogen and oxygen atoms in total. The third kappa shape index (κ3) is 3.45. The van der Waals surface area contributed by atoms with Gasteiger partial charge in [0, 0.05) is 16.2 Å². The first-order valence-electron chi connectivity index (χ1n) is 8.98. The van der Waals surface area contributed by atoms with Crippen LogP contribution in [-0.4, -0.2) is 31.2 Å². The van der Waals surface area contributed by atoms with Crippen LogP contribution in [0.1, 0.15) is 37.0 Å². The van der Waals surface area contributed by atoms with Crippen molar-refractivity contribution in [1.82, 2.24) is 0 Å². The molecule has 3 rings (SSSR count). The summed E-state index contributed by atoms with van der Waals surface area (Å²) in [6.45, 7) is 10.4. The molecule has 0 spiro atoms. The Morgan fingerprint density at radius 1 is 0.958 bits per heavy atom. The summed E-state index contributed by atoms with van der Waals surface area (Å²) < 4.78 is 1.14. The van der Waals surface area contributed by atoms with Gasteiger partial charge in [-0.2, -0.15) is 0 Å². The fourth-order valence-electron chi connectivity index (χ4n) is 3.27. The number of nitrogens with zero attached hydrogens (tertiary/aromatic N) is 1. The van der Waals surface area contributed by atoms with E-state index in [0.29, 0.717) is 0 Å². The molecule has 0 bridgehead atoms. The van der Waals surface area contributed by atoms with Crippen LogP contribution in [-0.2, 0) is 0 Å². The molecule has 0 aliphatic carbocycles. The molecule has 2 aromatic rings. The number of aryl methyl sites for hydroxylation is 1. The minimum atomic E-state index is 1.12. The molecule has 0 saturated carbocycles. The Bertz CT molecular complexity index is 756. The predicted molar refractivity (Wildman–Crippen MR) is 106 cm³/mol. The van der Waals surface area contributed by atoms with E-state index in [9.17, 15) is 0 Å². The zero-order chi connectivity index (χ0) is 17.2. The Morgan fingerprint density at radius 2 is 1.67 bits per heavy atom. The fraction of sp³-hybridized carbons (Fsp3) is 0.364. The maximum atomic E-state index is 2.47. The van der Waals surface area contributed by atoms with Gasteiger partial charge in [-0.15, -0.1) is 0 Å². The number of rotatable bonds is 5. The van der Waals surface area contributed by atoms with Crippen molar-refractivity contribution in [2.75, 3.05) is 26.7 Å². The number of benzene rings is 2. The quantitative estimate of drug-likeness (QED) is 0.532. The van der Waals surface area contributed by atoms with Crippen LogP contribution in [0.3, 0.4) is 0 Å². The van der Waals surface area contributed by atoms with Gasteiger partial charge in [0.15, 0.2) is 0 Å². The summed E-state index contributed by atoms with van der Waals surface area (Å²) in [5.41, 5.74) is 5.55. The van der Waals surface area contributed by atoms with Crippen molar-refractivity contribution in [2.24, 2.45) is 0 Å². The highest BCUT2D eigenvalue weighted by Crippen LogP contribution is 2.45. The second kappa shape index (κ2) is 7.16. The minimum absolute atomic E-state index is 1.12. The molecule has 0 aromatic heterocycles. The molecular formula is C22H28NS+. The summed E-state index contributed by atoms with van der Waals surface area (Å²) in [5, 5.41) is 0. The van der Waals surface area contributed by atoms with Gasteiger partial charge in [-0.25, -0.2) is 0 Å². The average molecular weight is 339 g/mol. The Morgan fingerprint density at radius 3 is 2.42 bits per heavy atom. The van der Waals surface area contributed by atoms with E-state index in [4.69, 9.17) is 0 Å². The number of hydrogen-bond donors (Lipinski definition) is 0. The van der Waals surface area contributed by atoms with Gasteiger partial charge in [-0.1, -0.05) is 53.7 Å². The average Bonchev–Trinajstić information content (AvgIpc) is 2.61. The SMILES string of the molecule is CC[N+](C)(CC)CCC=C1c2ccccc2Sc2ccc(C)cc21. The summed E-state index contributed by atoms with van der Waals surface area (Å²) in [4.78, 5) is 2.76. The van der Waals surface area contributed by atoms with Crippen LogP contribution in [0.5, 0.6) is 0 Å². The Hall–Kier alpha value is -1.51.